The fourth-order valence-electron chi connectivity index (χ4n) is 1.43. The second-order valence-corrected chi connectivity index (χ2v) is 3.56. The van der Waals surface area contributed by atoms with E-state index in [1.807, 2.05) is 6.92 Å². The van der Waals surface area contributed by atoms with Crippen LogP contribution in [0.3, 0.4) is 0 Å². The molecule has 0 aromatic rings. The first-order chi connectivity index (χ1) is 6.13. The molecule has 2 nitrogen and oxygen atoms in total. The average molecular weight is 205 g/mol. The summed E-state index contributed by atoms with van der Waals surface area (Å²) in [6.45, 7) is 4.04. The van der Waals surface area contributed by atoms with E-state index in [-0.39, 0.29) is 11.8 Å². The van der Waals surface area contributed by atoms with Crippen LogP contribution in [0.4, 0.5) is 0 Å². The number of carboxylic acids is 1. The summed E-state index contributed by atoms with van der Waals surface area (Å²) in [5.74, 6) is -0.805. The van der Waals surface area contributed by atoms with Gasteiger partial charge in [-0.2, -0.15) is 0 Å². The number of carboxylic acid groups (broad SMARTS) is 1. The van der Waals surface area contributed by atoms with E-state index in [1.165, 1.54) is 5.54 Å². The Labute approximate surface area is 84.6 Å². The van der Waals surface area contributed by atoms with E-state index in [9.17, 15) is 4.79 Å². The molecule has 1 N–H and O–H groups in total. The van der Waals surface area contributed by atoms with Crippen molar-refractivity contribution in [2.45, 2.75) is 33.1 Å². The predicted molar refractivity (Wildman–Crippen MR) is 54.8 cm³/mol. The van der Waals surface area contributed by atoms with Crippen molar-refractivity contribution in [2.75, 3.05) is 0 Å². The molecule has 0 bridgehead atoms. The smallest absolute Gasteiger partial charge is 0.307 e. The van der Waals surface area contributed by atoms with Crippen molar-refractivity contribution in [3.05, 3.63) is 11.6 Å². The largest absolute Gasteiger partial charge is 0.481 e. The van der Waals surface area contributed by atoms with Crippen LogP contribution in [-0.4, -0.2) is 11.1 Å². The van der Waals surface area contributed by atoms with Gasteiger partial charge < -0.3 is 5.11 Å². The van der Waals surface area contributed by atoms with Gasteiger partial charge in [-0.15, -0.1) is 0 Å². The van der Waals surface area contributed by atoms with E-state index < -0.39 is 5.97 Å². The topological polar surface area (TPSA) is 37.3 Å². The van der Waals surface area contributed by atoms with E-state index in [0.29, 0.717) is 6.42 Å². The molecule has 0 aromatic heterocycles. The molecule has 0 rings (SSSR count). The lowest BCUT2D eigenvalue weighted by Gasteiger charge is -2.17. The van der Waals surface area contributed by atoms with Gasteiger partial charge in [0.15, 0.2) is 0 Å². The van der Waals surface area contributed by atoms with Crippen LogP contribution in [0, 0.1) is 11.8 Å². The maximum absolute atomic E-state index is 10.8. The van der Waals surface area contributed by atoms with Gasteiger partial charge in [0.25, 0.3) is 0 Å². The minimum Gasteiger partial charge on any atom is -0.481 e. The predicted octanol–water partition coefficient (Wildman–Crippen LogP) is 3.27. The highest BCUT2D eigenvalue weighted by Gasteiger charge is 2.22. The number of halogens is 1. The SMILES string of the molecule is CCCC(C)C(CC=CCl)C(=O)O. The standard InChI is InChI=1S/C10H17ClO2/c1-3-5-8(2)9(10(12)13)6-4-7-11/h4,7-9H,3,5-6H2,1-2H3,(H,12,13). The van der Waals surface area contributed by atoms with Gasteiger partial charge in [0.2, 0.25) is 0 Å². The molecule has 0 aliphatic rings. The monoisotopic (exact) mass is 204 g/mol. The molecule has 0 amide bonds. The Balaban J connectivity index is 4.14. The maximum atomic E-state index is 10.8. The van der Waals surface area contributed by atoms with Crippen LogP contribution >= 0.6 is 11.6 Å². The summed E-state index contributed by atoms with van der Waals surface area (Å²) in [5, 5.41) is 8.92. The van der Waals surface area contributed by atoms with Gasteiger partial charge in [-0.05, 0) is 12.3 Å². The fraction of sp³-hybridized carbons (Fsp3) is 0.700. The Morgan fingerprint density at radius 1 is 1.62 bits per heavy atom. The molecule has 0 aliphatic carbocycles. The van der Waals surface area contributed by atoms with Crippen molar-refractivity contribution in [1.29, 1.82) is 0 Å². The average Bonchev–Trinajstić information content (AvgIpc) is 2.05. The van der Waals surface area contributed by atoms with Crippen molar-refractivity contribution in [2.24, 2.45) is 11.8 Å². The summed E-state index contributed by atoms with van der Waals surface area (Å²) in [5.41, 5.74) is 1.38. The Kier molecular flexibility index (Phi) is 6.69. The first-order valence-electron chi connectivity index (χ1n) is 4.61. The highest BCUT2D eigenvalue weighted by molar-refractivity contribution is 6.25. The summed E-state index contributed by atoms with van der Waals surface area (Å²) >= 11 is 5.36. The molecular formula is C10H17ClO2. The minimum atomic E-state index is -0.726. The second-order valence-electron chi connectivity index (χ2n) is 3.31. The van der Waals surface area contributed by atoms with Gasteiger partial charge in [0, 0.05) is 5.54 Å². The maximum Gasteiger partial charge on any atom is 0.307 e. The van der Waals surface area contributed by atoms with Crippen LogP contribution in [0.1, 0.15) is 33.1 Å². The summed E-state index contributed by atoms with van der Waals surface area (Å²) in [7, 11) is 0. The normalized spacial score (nSPS) is 15.9. The molecule has 0 fully saturated rings. The highest BCUT2D eigenvalue weighted by atomic mass is 35.5. The quantitative estimate of drug-likeness (QED) is 0.721. The number of hydrogen-bond donors (Lipinski definition) is 1. The summed E-state index contributed by atoms with van der Waals surface area (Å²) < 4.78 is 0. The summed E-state index contributed by atoms with van der Waals surface area (Å²) in [6, 6.07) is 0. The number of rotatable bonds is 6. The lowest BCUT2D eigenvalue weighted by atomic mass is 9.88. The van der Waals surface area contributed by atoms with Gasteiger partial charge in [0.05, 0.1) is 5.92 Å². The van der Waals surface area contributed by atoms with Crippen molar-refractivity contribution in [3.8, 4) is 0 Å². The highest BCUT2D eigenvalue weighted by Crippen LogP contribution is 2.21. The Morgan fingerprint density at radius 2 is 2.23 bits per heavy atom. The van der Waals surface area contributed by atoms with Crippen LogP contribution < -0.4 is 0 Å². The van der Waals surface area contributed by atoms with Crippen LogP contribution in [0.25, 0.3) is 0 Å². The van der Waals surface area contributed by atoms with Crippen molar-refractivity contribution in [1.82, 2.24) is 0 Å². The lowest BCUT2D eigenvalue weighted by Crippen LogP contribution is -2.20. The van der Waals surface area contributed by atoms with Crippen molar-refractivity contribution >= 4 is 17.6 Å². The second kappa shape index (κ2) is 6.96. The van der Waals surface area contributed by atoms with Gasteiger partial charge in [-0.3, -0.25) is 4.79 Å². The third-order valence-electron chi connectivity index (χ3n) is 2.23. The van der Waals surface area contributed by atoms with Gasteiger partial charge in [-0.25, -0.2) is 0 Å². The molecule has 2 atom stereocenters. The molecule has 76 valence electrons. The van der Waals surface area contributed by atoms with Gasteiger partial charge >= 0.3 is 5.97 Å². The third-order valence-corrected chi connectivity index (χ3v) is 2.41. The zero-order valence-corrected chi connectivity index (χ0v) is 8.92. The van der Waals surface area contributed by atoms with E-state index in [2.05, 4.69) is 6.92 Å². The summed E-state index contributed by atoms with van der Waals surface area (Å²) in [6.07, 6.45) is 4.20. The molecular weight excluding hydrogens is 188 g/mol. The van der Waals surface area contributed by atoms with Gasteiger partial charge in [-0.1, -0.05) is 44.4 Å². The number of allylic oxidation sites excluding steroid dienone is 1. The molecule has 0 aliphatic heterocycles. The lowest BCUT2D eigenvalue weighted by molar-refractivity contribution is -0.143. The van der Waals surface area contributed by atoms with Gasteiger partial charge in [0.1, 0.15) is 0 Å². The first kappa shape index (κ1) is 12.5. The van der Waals surface area contributed by atoms with Crippen LogP contribution in [0.5, 0.6) is 0 Å². The molecule has 0 heterocycles. The Bertz CT molecular complexity index is 178. The zero-order valence-electron chi connectivity index (χ0n) is 8.16. The van der Waals surface area contributed by atoms with E-state index >= 15 is 0 Å². The van der Waals surface area contributed by atoms with Crippen LogP contribution in [0.15, 0.2) is 11.6 Å². The minimum absolute atomic E-state index is 0.218. The number of aliphatic carboxylic acids is 1. The fourth-order valence-corrected chi connectivity index (χ4v) is 1.53. The molecule has 0 radical (unpaired) electrons. The molecule has 0 saturated carbocycles. The summed E-state index contributed by atoms with van der Waals surface area (Å²) in [4.78, 5) is 10.8. The number of hydrogen-bond acceptors (Lipinski definition) is 1. The third kappa shape index (κ3) is 4.94. The first-order valence-corrected chi connectivity index (χ1v) is 5.05. The number of carbonyl (C=O) groups is 1. The molecule has 2 unspecified atom stereocenters. The molecule has 0 saturated heterocycles. The van der Waals surface area contributed by atoms with Crippen molar-refractivity contribution < 1.29 is 9.90 Å². The van der Waals surface area contributed by atoms with E-state index in [4.69, 9.17) is 16.7 Å². The van der Waals surface area contributed by atoms with E-state index in [0.717, 1.165) is 12.8 Å². The Morgan fingerprint density at radius 3 is 2.62 bits per heavy atom. The van der Waals surface area contributed by atoms with E-state index in [1.54, 1.807) is 6.08 Å². The molecule has 0 aromatic carbocycles. The van der Waals surface area contributed by atoms with Crippen LogP contribution in [-0.2, 0) is 4.79 Å². The molecule has 0 spiro atoms. The molecule has 13 heavy (non-hydrogen) atoms. The molecule has 3 heteroatoms. The van der Waals surface area contributed by atoms with Crippen LogP contribution in [0.2, 0.25) is 0 Å². The Hall–Kier alpha value is -0.500. The zero-order chi connectivity index (χ0) is 10.3. The van der Waals surface area contributed by atoms with Crippen molar-refractivity contribution in [3.63, 3.8) is 0 Å².